The van der Waals surface area contributed by atoms with E-state index in [4.69, 9.17) is 27.9 Å². The van der Waals surface area contributed by atoms with Crippen molar-refractivity contribution in [2.75, 3.05) is 25.6 Å². The molecule has 0 bridgehead atoms. The summed E-state index contributed by atoms with van der Waals surface area (Å²) in [4.78, 5) is 9.06. The first-order valence-corrected chi connectivity index (χ1v) is 12.9. The number of hydrogen-bond donors (Lipinski definition) is 2. The summed E-state index contributed by atoms with van der Waals surface area (Å²) < 4.78 is 5.25. The molecule has 0 spiro atoms. The average Bonchev–Trinajstić information content (AvgIpc) is 3.53. The van der Waals surface area contributed by atoms with Gasteiger partial charge in [-0.3, -0.25) is 4.98 Å². The fourth-order valence-corrected chi connectivity index (χ4v) is 5.15. The summed E-state index contributed by atoms with van der Waals surface area (Å²) in [7, 11) is 1.76. The van der Waals surface area contributed by atoms with Crippen molar-refractivity contribution in [3.05, 3.63) is 40.4 Å². The van der Waals surface area contributed by atoms with Gasteiger partial charge in [0.1, 0.15) is 0 Å². The lowest BCUT2D eigenvalue weighted by Crippen LogP contribution is -2.41. The monoisotopic (exact) mass is 490 g/mol. The van der Waals surface area contributed by atoms with E-state index in [1.807, 2.05) is 0 Å². The van der Waals surface area contributed by atoms with Gasteiger partial charge >= 0.3 is 0 Å². The van der Waals surface area contributed by atoms with Crippen LogP contribution >= 0.6 is 23.2 Å². The molecule has 2 fully saturated rings. The standard InChI is InChI=1S/C26H36Cl2N4O/c1-17(15-33-3)32-20-6-4-18(5-7-20)10-21-12-22(23(27)14-29-21)19-11-24(25(28)30-13-19)31-16-26(2)8-9-26/h11-14,17-18,20,31-32H,4-10,15-16H2,1-3H3/t17-,18?,20?/m1/s1. The summed E-state index contributed by atoms with van der Waals surface area (Å²) in [6.07, 6.45) is 11.9. The maximum Gasteiger partial charge on any atom is 0.152 e. The van der Waals surface area contributed by atoms with Gasteiger partial charge in [0.15, 0.2) is 5.15 Å². The number of aromatic nitrogens is 2. The number of methoxy groups -OCH3 is 1. The molecule has 2 heterocycles. The summed E-state index contributed by atoms with van der Waals surface area (Å²) in [5, 5.41) is 8.32. The molecular weight excluding hydrogens is 455 g/mol. The SMILES string of the molecule is COC[C@@H](C)NC1CCC(Cc2cc(-c3cnc(Cl)c(NCC4(C)CC4)c3)c(Cl)cn2)CC1. The molecule has 5 nitrogen and oxygen atoms in total. The highest BCUT2D eigenvalue weighted by Crippen LogP contribution is 2.45. The number of halogens is 2. The molecule has 2 N–H and O–H groups in total. The number of nitrogens with one attached hydrogen (secondary N) is 2. The van der Waals surface area contributed by atoms with E-state index in [0.29, 0.717) is 33.6 Å². The molecule has 2 saturated carbocycles. The first-order chi connectivity index (χ1) is 15.8. The molecular formula is C26H36Cl2N4O. The zero-order valence-electron chi connectivity index (χ0n) is 20.0. The molecule has 0 saturated heterocycles. The first kappa shape index (κ1) is 24.7. The lowest BCUT2D eigenvalue weighted by Gasteiger charge is -2.31. The second kappa shape index (κ2) is 10.9. The summed E-state index contributed by atoms with van der Waals surface area (Å²) in [5.74, 6) is 0.655. The fraction of sp³-hybridized carbons (Fsp3) is 0.615. The molecule has 0 aromatic carbocycles. The van der Waals surface area contributed by atoms with Crippen LogP contribution in [0.3, 0.4) is 0 Å². The molecule has 2 aliphatic rings. The van der Waals surface area contributed by atoms with Crippen molar-refractivity contribution in [1.29, 1.82) is 0 Å². The van der Waals surface area contributed by atoms with E-state index in [1.54, 1.807) is 19.5 Å². The van der Waals surface area contributed by atoms with Gasteiger partial charge in [-0.05, 0) is 75.3 Å². The summed E-state index contributed by atoms with van der Waals surface area (Å²) in [6.45, 7) is 6.15. The van der Waals surface area contributed by atoms with Crippen molar-refractivity contribution in [3.8, 4) is 11.1 Å². The third-order valence-electron chi connectivity index (χ3n) is 7.15. The van der Waals surface area contributed by atoms with Gasteiger partial charge in [-0.15, -0.1) is 0 Å². The predicted octanol–water partition coefficient (Wildman–Crippen LogP) is 6.39. The Labute approximate surface area is 208 Å². The molecule has 0 aliphatic heterocycles. The maximum atomic E-state index is 6.56. The van der Waals surface area contributed by atoms with Gasteiger partial charge in [0.2, 0.25) is 0 Å². The van der Waals surface area contributed by atoms with Crippen molar-refractivity contribution < 1.29 is 4.74 Å². The normalized spacial score (nSPS) is 22.7. The van der Waals surface area contributed by atoms with E-state index in [1.165, 1.54) is 38.5 Å². The van der Waals surface area contributed by atoms with Crippen LogP contribution in [-0.4, -0.2) is 42.3 Å². The van der Waals surface area contributed by atoms with E-state index in [9.17, 15) is 0 Å². The number of anilines is 1. The minimum absolute atomic E-state index is 0.386. The Morgan fingerprint density at radius 2 is 1.88 bits per heavy atom. The van der Waals surface area contributed by atoms with Gasteiger partial charge in [-0.2, -0.15) is 0 Å². The second-order valence-corrected chi connectivity index (χ2v) is 11.1. The van der Waals surface area contributed by atoms with Crippen LogP contribution in [0.4, 0.5) is 5.69 Å². The zero-order chi connectivity index (χ0) is 23.4. The van der Waals surface area contributed by atoms with Gasteiger partial charge in [-0.1, -0.05) is 30.1 Å². The smallest absolute Gasteiger partial charge is 0.152 e. The zero-order valence-corrected chi connectivity index (χ0v) is 21.5. The molecule has 2 aromatic rings. The maximum absolute atomic E-state index is 6.56. The van der Waals surface area contributed by atoms with Crippen molar-refractivity contribution in [2.45, 2.75) is 70.9 Å². The summed E-state index contributed by atoms with van der Waals surface area (Å²) in [6, 6.07) is 5.18. The first-order valence-electron chi connectivity index (χ1n) is 12.1. The van der Waals surface area contributed by atoms with Gasteiger partial charge in [0, 0.05) is 55.0 Å². The van der Waals surface area contributed by atoms with E-state index in [-0.39, 0.29) is 0 Å². The Morgan fingerprint density at radius 1 is 1.12 bits per heavy atom. The van der Waals surface area contributed by atoms with E-state index < -0.39 is 0 Å². The van der Waals surface area contributed by atoms with E-state index in [0.717, 1.165) is 42.1 Å². The van der Waals surface area contributed by atoms with Crippen LogP contribution < -0.4 is 10.6 Å². The third-order valence-corrected chi connectivity index (χ3v) is 7.76. The third kappa shape index (κ3) is 6.82. The highest BCUT2D eigenvalue weighted by Gasteiger charge is 2.36. The summed E-state index contributed by atoms with van der Waals surface area (Å²) >= 11 is 12.9. The molecule has 1 atom stereocenters. The Morgan fingerprint density at radius 3 is 2.58 bits per heavy atom. The van der Waals surface area contributed by atoms with Crippen LogP contribution in [-0.2, 0) is 11.2 Å². The van der Waals surface area contributed by atoms with Crippen LogP contribution in [0.2, 0.25) is 10.2 Å². The highest BCUT2D eigenvalue weighted by molar-refractivity contribution is 6.33. The number of hydrogen-bond acceptors (Lipinski definition) is 5. The Balaban J connectivity index is 1.39. The van der Waals surface area contributed by atoms with E-state index in [2.05, 4.69) is 46.6 Å². The number of nitrogens with zero attached hydrogens (tertiary/aromatic N) is 2. The largest absolute Gasteiger partial charge is 0.383 e. The lowest BCUT2D eigenvalue weighted by atomic mass is 9.83. The van der Waals surface area contributed by atoms with Crippen molar-refractivity contribution in [2.24, 2.45) is 11.3 Å². The van der Waals surface area contributed by atoms with Crippen molar-refractivity contribution in [1.82, 2.24) is 15.3 Å². The number of pyridine rings is 2. The van der Waals surface area contributed by atoms with Crippen LogP contribution in [0, 0.1) is 11.3 Å². The molecule has 4 rings (SSSR count). The summed E-state index contributed by atoms with van der Waals surface area (Å²) in [5.41, 5.74) is 4.28. The quantitative estimate of drug-likeness (QED) is 0.377. The highest BCUT2D eigenvalue weighted by atomic mass is 35.5. The molecule has 0 unspecified atom stereocenters. The van der Waals surface area contributed by atoms with Gasteiger partial charge in [0.05, 0.1) is 17.3 Å². The number of ether oxygens (including phenoxy) is 1. The molecule has 33 heavy (non-hydrogen) atoms. The average molecular weight is 492 g/mol. The molecule has 7 heteroatoms. The molecule has 0 radical (unpaired) electrons. The van der Waals surface area contributed by atoms with Gasteiger partial charge in [0.25, 0.3) is 0 Å². The predicted molar refractivity (Wildman–Crippen MR) is 137 cm³/mol. The van der Waals surface area contributed by atoms with E-state index >= 15 is 0 Å². The Hall–Kier alpha value is -1.40. The Kier molecular flexibility index (Phi) is 8.16. The van der Waals surface area contributed by atoms with Crippen molar-refractivity contribution >= 4 is 28.9 Å². The topological polar surface area (TPSA) is 59.1 Å². The Bertz CT molecular complexity index is 942. The second-order valence-electron chi connectivity index (χ2n) is 10.3. The molecule has 0 amide bonds. The lowest BCUT2D eigenvalue weighted by molar-refractivity contribution is 0.158. The minimum Gasteiger partial charge on any atom is -0.383 e. The molecule has 2 aliphatic carbocycles. The van der Waals surface area contributed by atoms with Crippen molar-refractivity contribution in [3.63, 3.8) is 0 Å². The van der Waals surface area contributed by atoms with Crippen LogP contribution in [0.15, 0.2) is 24.5 Å². The molecule has 2 aromatic heterocycles. The van der Waals surface area contributed by atoms with Gasteiger partial charge in [-0.25, -0.2) is 4.98 Å². The van der Waals surface area contributed by atoms with Gasteiger partial charge < -0.3 is 15.4 Å². The van der Waals surface area contributed by atoms with Crippen LogP contribution in [0.5, 0.6) is 0 Å². The van der Waals surface area contributed by atoms with Crippen LogP contribution in [0.25, 0.3) is 11.1 Å². The fourth-order valence-electron chi connectivity index (χ4n) is 4.76. The number of rotatable bonds is 10. The minimum atomic E-state index is 0.386. The molecule has 180 valence electrons. The van der Waals surface area contributed by atoms with Crippen LogP contribution in [0.1, 0.15) is 58.1 Å².